The van der Waals surface area contributed by atoms with Crippen LogP contribution in [0.2, 0.25) is 0 Å². The zero-order valence-electron chi connectivity index (χ0n) is 12.6. The minimum atomic E-state index is 0.714. The second kappa shape index (κ2) is 6.18. The van der Waals surface area contributed by atoms with Crippen LogP contribution in [-0.4, -0.2) is 23.0 Å². The van der Waals surface area contributed by atoms with Crippen LogP contribution in [0, 0.1) is 6.92 Å². The maximum Gasteiger partial charge on any atom is 0.165 e. The second-order valence-corrected chi connectivity index (χ2v) is 5.28. The van der Waals surface area contributed by atoms with E-state index < -0.39 is 0 Å². The van der Waals surface area contributed by atoms with Crippen molar-refractivity contribution in [1.82, 2.24) is 15.1 Å². The van der Waals surface area contributed by atoms with Gasteiger partial charge in [0.05, 0.1) is 19.4 Å². The Hall–Kier alpha value is -2.01. The van der Waals surface area contributed by atoms with E-state index in [1.807, 2.05) is 30.1 Å². The van der Waals surface area contributed by atoms with Gasteiger partial charge < -0.3 is 14.8 Å². The van der Waals surface area contributed by atoms with Crippen LogP contribution in [0.5, 0.6) is 11.5 Å². The number of fused-ring (bicyclic) bond motifs is 1. The van der Waals surface area contributed by atoms with Gasteiger partial charge in [0.15, 0.2) is 11.5 Å². The van der Waals surface area contributed by atoms with Crippen LogP contribution in [0.25, 0.3) is 0 Å². The number of aryl methyl sites for hydroxylation is 1. The van der Waals surface area contributed by atoms with Crippen molar-refractivity contribution in [3.05, 3.63) is 41.2 Å². The summed E-state index contributed by atoms with van der Waals surface area (Å²) >= 11 is 0. The topological polar surface area (TPSA) is 48.3 Å². The number of rotatable bonds is 4. The van der Waals surface area contributed by atoms with Gasteiger partial charge >= 0.3 is 0 Å². The van der Waals surface area contributed by atoms with Crippen LogP contribution in [0.3, 0.4) is 0 Å². The Balaban J connectivity index is 1.67. The molecule has 0 saturated heterocycles. The number of ether oxygens (including phenoxy) is 2. The quantitative estimate of drug-likeness (QED) is 0.936. The molecule has 0 saturated carbocycles. The summed E-state index contributed by atoms with van der Waals surface area (Å²) in [5.74, 6) is 1.73. The number of aromatic nitrogens is 2. The Morgan fingerprint density at radius 1 is 1.19 bits per heavy atom. The summed E-state index contributed by atoms with van der Waals surface area (Å²) in [7, 11) is 1.96. The predicted molar refractivity (Wildman–Crippen MR) is 80.5 cm³/mol. The van der Waals surface area contributed by atoms with Crippen molar-refractivity contribution in [1.29, 1.82) is 0 Å². The summed E-state index contributed by atoms with van der Waals surface area (Å²) in [6, 6.07) is 6.06. The molecule has 5 nitrogen and oxygen atoms in total. The fraction of sp³-hybridized carbons (Fsp3) is 0.438. The summed E-state index contributed by atoms with van der Waals surface area (Å²) in [5.41, 5.74) is 3.54. The lowest BCUT2D eigenvalue weighted by molar-refractivity contribution is 0.296. The maximum atomic E-state index is 5.83. The standard InChI is InChI=1S/C16H21N3O2/c1-12-14(11-18-19(12)2)10-17-9-13-5-3-6-15-16(13)21-8-4-7-20-15/h3,5-6,11,17H,4,7-10H2,1-2H3. The van der Waals surface area contributed by atoms with E-state index in [-0.39, 0.29) is 0 Å². The average molecular weight is 287 g/mol. The minimum absolute atomic E-state index is 0.714. The highest BCUT2D eigenvalue weighted by atomic mass is 16.5. The molecule has 2 aromatic rings. The zero-order valence-corrected chi connectivity index (χ0v) is 12.6. The minimum Gasteiger partial charge on any atom is -0.490 e. The Labute approximate surface area is 124 Å². The Morgan fingerprint density at radius 2 is 2.00 bits per heavy atom. The van der Waals surface area contributed by atoms with Gasteiger partial charge in [-0.1, -0.05) is 12.1 Å². The molecule has 2 heterocycles. The number of nitrogens with one attached hydrogen (secondary N) is 1. The number of hydrogen-bond donors (Lipinski definition) is 1. The third kappa shape index (κ3) is 3.03. The van der Waals surface area contributed by atoms with Gasteiger partial charge in [0.2, 0.25) is 0 Å². The first-order chi connectivity index (χ1) is 10.3. The summed E-state index contributed by atoms with van der Waals surface area (Å²) < 4.78 is 13.4. The first-order valence-electron chi connectivity index (χ1n) is 7.31. The van der Waals surface area contributed by atoms with Crippen molar-refractivity contribution >= 4 is 0 Å². The number of benzene rings is 1. The molecule has 1 aliphatic rings. The van der Waals surface area contributed by atoms with E-state index in [2.05, 4.69) is 23.4 Å². The van der Waals surface area contributed by atoms with E-state index in [1.54, 1.807) is 0 Å². The lowest BCUT2D eigenvalue weighted by Crippen LogP contribution is -2.14. The molecule has 0 bridgehead atoms. The third-order valence-corrected chi connectivity index (χ3v) is 3.82. The molecule has 0 radical (unpaired) electrons. The number of hydrogen-bond acceptors (Lipinski definition) is 4. The summed E-state index contributed by atoms with van der Waals surface area (Å²) in [5, 5.41) is 7.71. The van der Waals surface area contributed by atoms with Crippen LogP contribution < -0.4 is 14.8 Å². The molecule has 0 aliphatic carbocycles. The van der Waals surface area contributed by atoms with Crippen molar-refractivity contribution in [3.63, 3.8) is 0 Å². The van der Waals surface area contributed by atoms with Gasteiger partial charge in [-0.2, -0.15) is 5.10 Å². The summed E-state index contributed by atoms with van der Waals surface area (Å²) in [6.07, 6.45) is 2.84. The lowest BCUT2D eigenvalue weighted by atomic mass is 10.1. The van der Waals surface area contributed by atoms with E-state index in [0.717, 1.165) is 43.2 Å². The highest BCUT2D eigenvalue weighted by Crippen LogP contribution is 2.33. The smallest absolute Gasteiger partial charge is 0.165 e. The molecule has 0 amide bonds. The molecule has 0 spiro atoms. The monoisotopic (exact) mass is 287 g/mol. The Morgan fingerprint density at radius 3 is 2.81 bits per heavy atom. The first-order valence-corrected chi connectivity index (χ1v) is 7.31. The van der Waals surface area contributed by atoms with Crippen molar-refractivity contribution in [2.45, 2.75) is 26.4 Å². The van der Waals surface area contributed by atoms with E-state index >= 15 is 0 Å². The molecule has 0 atom stereocenters. The van der Waals surface area contributed by atoms with Crippen molar-refractivity contribution in [3.8, 4) is 11.5 Å². The van der Waals surface area contributed by atoms with E-state index in [9.17, 15) is 0 Å². The Bertz CT molecular complexity index is 622. The fourth-order valence-corrected chi connectivity index (χ4v) is 2.44. The van der Waals surface area contributed by atoms with E-state index in [1.165, 1.54) is 11.3 Å². The Kier molecular flexibility index (Phi) is 4.10. The van der Waals surface area contributed by atoms with Crippen LogP contribution in [-0.2, 0) is 20.1 Å². The average Bonchev–Trinajstić information content (AvgIpc) is 2.71. The first kappa shape index (κ1) is 13.9. The van der Waals surface area contributed by atoms with Gasteiger partial charge in [-0.15, -0.1) is 0 Å². The molecule has 21 heavy (non-hydrogen) atoms. The van der Waals surface area contributed by atoms with E-state index in [4.69, 9.17) is 9.47 Å². The SMILES string of the molecule is Cc1c(CNCc2cccc3c2OCCCO3)cnn1C. The number of para-hydroxylation sites is 1. The van der Waals surface area contributed by atoms with Crippen LogP contribution in [0.1, 0.15) is 23.2 Å². The zero-order chi connectivity index (χ0) is 14.7. The predicted octanol–water partition coefficient (Wildman–Crippen LogP) is 2.18. The summed E-state index contributed by atoms with van der Waals surface area (Å²) in [6.45, 7) is 5.06. The second-order valence-electron chi connectivity index (χ2n) is 5.28. The van der Waals surface area contributed by atoms with Gasteiger partial charge in [0, 0.05) is 43.4 Å². The molecule has 5 heteroatoms. The van der Waals surface area contributed by atoms with Gasteiger partial charge in [-0.3, -0.25) is 4.68 Å². The normalized spacial score (nSPS) is 14.0. The molecule has 0 fully saturated rings. The van der Waals surface area contributed by atoms with Crippen molar-refractivity contribution in [2.24, 2.45) is 7.05 Å². The van der Waals surface area contributed by atoms with Gasteiger partial charge in [-0.05, 0) is 13.0 Å². The van der Waals surface area contributed by atoms with Crippen molar-refractivity contribution < 1.29 is 9.47 Å². The molecule has 1 aromatic carbocycles. The van der Waals surface area contributed by atoms with Crippen molar-refractivity contribution in [2.75, 3.05) is 13.2 Å². The summed E-state index contributed by atoms with van der Waals surface area (Å²) in [4.78, 5) is 0. The van der Waals surface area contributed by atoms with Gasteiger partial charge in [0.1, 0.15) is 0 Å². The molecule has 112 valence electrons. The largest absolute Gasteiger partial charge is 0.490 e. The van der Waals surface area contributed by atoms with Crippen LogP contribution >= 0.6 is 0 Å². The highest BCUT2D eigenvalue weighted by Gasteiger charge is 2.14. The molecule has 1 aliphatic heterocycles. The number of nitrogens with zero attached hydrogens (tertiary/aromatic N) is 2. The molecular formula is C16H21N3O2. The highest BCUT2D eigenvalue weighted by molar-refractivity contribution is 5.47. The van der Waals surface area contributed by atoms with Crippen LogP contribution in [0.4, 0.5) is 0 Å². The fourth-order valence-electron chi connectivity index (χ4n) is 2.44. The molecule has 3 rings (SSSR count). The van der Waals surface area contributed by atoms with Gasteiger partial charge in [0.25, 0.3) is 0 Å². The lowest BCUT2D eigenvalue weighted by Gasteiger charge is -2.13. The van der Waals surface area contributed by atoms with Crippen LogP contribution in [0.15, 0.2) is 24.4 Å². The third-order valence-electron chi connectivity index (χ3n) is 3.82. The van der Waals surface area contributed by atoms with Gasteiger partial charge in [-0.25, -0.2) is 0 Å². The maximum absolute atomic E-state index is 5.83. The molecule has 0 unspecified atom stereocenters. The molecular weight excluding hydrogens is 266 g/mol. The molecule has 1 aromatic heterocycles. The molecule has 1 N–H and O–H groups in total. The van der Waals surface area contributed by atoms with E-state index in [0.29, 0.717) is 6.61 Å².